The van der Waals surface area contributed by atoms with Crippen molar-refractivity contribution < 1.29 is 14.1 Å². The van der Waals surface area contributed by atoms with Crippen LogP contribution in [-0.4, -0.2) is 11.1 Å². The first kappa shape index (κ1) is 14.3. The van der Waals surface area contributed by atoms with E-state index >= 15 is 0 Å². The third-order valence-corrected chi connectivity index (χ3v) is 3.19. The van der Waals surface area contributed by atoms with E-state index in [2.05, 4.69) is 5.16 Å². The van der Waals surface area contributed by atoms with Crippen LogP contribution in [0, 0.1) is 13.8 Å². The molecule has 0 bridgehead atoms. The van der Waals surface area contributed by atoms with Crippen LogP contribution in [0.3, 0.4) is 0 Å². The number of esters is 1. The molecular formula is C15H14ClNO3. The SMILES string of the molecule is Cc1noc(C)c1COC(=O)/C=C/c1ccccc1Cl. The van der Waals surface area contributed by atoms with Gasteiger partial charge < -0.3 is 9.26 Å². The highest BCUT2D eigenvalue weighted by Gasteiger charge is 2.10. The molecule has 0 saturated carbocycles. The van der Waals surface area contributed by atoms with Crippen molar-refractivity contribution in [1.29, 1.82) is 0 Å². The van der Waals surface area contributed by atoms with Gasteiger partial charge in [0, 0.05) is 11.1 Å². The summed E-state index contributed by atoms with van der Waals surface area (Å²) in [5.41, 5.74) is 2.29. The second-order valence-corrected chi connectivity index (χ2v) is 4.67. The Morgan fingerprint density at radius 3 is 2.80 bits per heavy atom. The number of halogens is 1. The van der Waals surface area contributed by atoms with Gasteiger partial charge in [-0.25, -0.2) is 4.79 Å². The summed E-state index contributed by atoms with van der Waals surface area (Å²) in [4.78, 5) is 11.6. The Bertz CT molecular complexity index is 627. The minimum absolute atomic E-state index is 0.146. The van der Waals surface area contributed by atoms with Gasteiger partial charge >= 0.3 is 5.97 Å². The molecule has 0 aliphatic rings. The van der Waals surface area contributed by atoms with Crippen molar-refractivity contribution >= 4 is 23.6 Å². The van der Waals surface area contributed by atoms with E-state index in [1.165, 1.54) is 6.08 Å². The topological polar surface area (TPSA) is 52.3 Å². The number of hydrogen-bond donors (Lipinski definition) is 0. The van der Waals surface area contributed by atoms with E-state index in [0.29, 0.717) is 10.8 Å². The van der Waals surface area contributed by atoms with Crippen LogP contribution in [0.5, 0.6) is 0 Å². The highest BCUT2D eigenvalue weighted by Crippen LogP contribution is 2.17. The lowest BCUT2D eigenvalue weighted by Gasteiger charge is -2.01. The van der Waals surface area contributed by atoms with E-state index < -0.39 is 5.97 Å². The average Bonchev–Trinajstić information content (AvgIpc) is 2.75. The maximum Gasteiger partial charge on any atom is 0.331 e. The highest BCUT2D eigenvalue weighted by atomic mass is 35.5. The Hall–Kier alpha value is -2.07. The van der Waals surface area contributed by atoms with Crippen molar-refractivity contribution in [2.45, 2.75) is 20.5 Å². The molecule has 1 aromatic heterocycles. The third kappa shape index (κ3) is 3.48. The van der Waals surface area contributed by atoms with Gasteiger partial charge in [0.05, 0.1) is 11.3 Å². The first-order valence-electron chi connectivity index (χ1n) is 6.09. The van der Waals surface area contributed by atoms with Gasteiger partial charge in [0.15, 0.2) is 0 Å². The van der Waals surface area contributed by atoms with Crippen molar-refractivity contribution in [2.24, 2.45) is 0 Å². The Morgan fingerprint density at radius 2 is 2.15 bits per heavy atom. The molecule has 0 N–H and O–H groups in total. The lowest BCUT2D eigenvalue weighted by Crippen LogP contribution is -2.02. The fraction of sp³-hybridized carbons (Fsp3) is 0.200. The van der Waals surface area contributed by atoms with Gasteiger partial charge in [0.25, 0.3) is 0 Å². The number of aryl methyl sites for hydroxylation is 2. The summed E-state index contributed by atoms with van der Waals surface area (Å²) in [7, 11) is 0. The molecule has 104 valence electrons. The van der Waals surface area contributed by atoms with Gasteiger partial charge in [-0.3, -0.25) is 0 Å². The van der Waals surface area contributed by atoms with E-state index in [1.54, 1.807) is 26.0 Å². The van der Waals surface area contributed by atoms with Gasteiger partial charge in [0.2, 0.25) is 0 Å². The van der Waals surface area contributed by atoms with Crippen LogP contribution in [0.2, 0.25) is 5.02 Å². The van der Waals surface area contributed by atoms with Crippen LogP contribution >= 0.6 is 11.6 Å². The van der Waals surface area contributed by atoms with Gasteiger partial charge in [-0.1, -0.05) is 35.0 Å². The van der Waals surface area contributed by atoms with Crippen LogP contribution in [-0.2, 0) is 16.1 Å². The number of benzene rings is 1. The number of hydrogen-bond acceptors (Lipinski definition) is 4. The molecule has 4 nitrogen and oxygen atoms in total. The number of rotatable bonds is 4. The van der Waals surface area contributed by atoms with Crippen molar-refractivity contribution in [2.75, 3.05) is 0 Å². The normalized spacial score (nSPS) is 10.9. The molecule has 0 saturated heterocycles. The summed E-state index contributed by atoms with van der Waals surface area (Å²) in [6.45, 7) is 3.73. The van der Waals surface area contributed by atoms with E-state index in [0.717, 1.165) is 16.8 Å². The van der Waals surface area contributed by atoms with Crippen molar-refractivity contribution in [3.63, 3.8) is 0 Å². The Labute approximate surface area is 122 Å². The standard InChI is InChI=1S/C15H14ClNO3/c1-10-13(11(2)20-17-10)9-19-15(18)8-7-12-5-3-4-6-14(12)16/h3-8H,9H2,1-2H3/b8-7+. The molecule has 0 aliphatic heterocycles. The molecule has 1 aromatic carbocycles. The fourth-order valence-electron chi connectivity index (χ4n) is 1.67. The molecule has 0 aliphatic carbocycles. The number of carbonyl (C=O) groups excluding carboxylic acids is 1. The summed E-state index contributed by atoms with van der Waals surface area (Å²) < 4.78 is 10.1. The zero-order chi connectivity index (χ0) is 14.5. The predicted molar refractivity (Wildman–Crippen MR) is 76.3 cm³/mol. The van der Waals surface area contributed by atoms with Gasteiger partial charge in [-0.2, -0.15) is 0 Å². The minimum Gasteiger partial charge on any atom is -0.457 e. The van der Waals surface area contributed by atoms with Crippen molar-refractivity contribution in [1.82, 2.24) is 5.16 Å². The molecule has 20 heavy (non-hydrogen) atoms. The summed E-state index contributed by atoms with van der Waals surface area (Å²) in [5, 5.41) is 4.38. The van der Waals surface area contributed by atoms with Crippen LogP contribution in [0.15, 0.2) is 34.9 Å². The number of nitrogens with zero attached hydrogens (tertiary/aromatic N) is 1. The van der Waals surface area contributed by atoms with Crippen LogP contribution in [0.1, 0.15) is 22.6 Å². The maximum absolute atomic E-state index is 11.6. The molecule has 1 heterocycles. The number of ether oxygens (including phenoxy) is 1. The molecule has 0 spiro atoms. The maximum atomic E-state index is 11.6. The zero-order valence-electron chi connectivity index (χ0n) is 11.2. The minimum atomic E-state index is -0.440. The molecule has 0 amide bonds. The molecule has 2 aromatic rings. The van der Waals surface area contributed by atoms with E-state index in [4.69, 9.17) is 20.9 Å². The Balaban J connectivity index is 1.95. The molecular weight excluding hydrogens is 278 g/mol. The van der Waals surface area contributed by atoms with Gasteiger partial charge in [-0.05, 0) is 31.6 Å². The summed E-state index contributed by atoms with van der Waals surface area (Å²) in [6, 6.07) is 7.26. The van der Waals surface area contributed by atoms with E-state index in [9.17, 15) is 4.79 Å². The predicted octanol–water partition coefficient (Wildman–Crippen LogP) is 3.70. The molecule has 0 atom stereocenters. The van der Waals surface area contributed by atoms with Gasteiger partial charge in [-0.15, -0.1) is 0 Å². The molecule has 0 radical (unpaired) electrons. The first-order valence-corrected chi connectivity index (χ1v) is 6.47. The molecule has 5 heteroatoms. The molecule has 0 fully saturated rings. The summed E-state index contributed by atoms with van der Waals surface area (Å²) in [5.74, 6) is 0.218. The average molecular weight is 292 g/mol. The van der Waals surface area contributed by atoms with Crippen LogP contribution in [0.25, 0.3) is 6.08 Å². The fourth-order valence-corrected chi connectivity index (χ4v) is 1.87. The lowest BCUT2D eigenvalue weighted by molar-refractivity contribution is -0.138. The Morgan fingerprint density at radius 1 is 1.40 bits per heavy atom. The number of carbonyl (C=O) groups is 1. The second kappa shape index (κ2) is 6.39. The monoisotopic (exact) mass is 291 g/mol. The first-order chi connectivity index (χ1) is 9.58. The smallest absolute Gasteiger partial charge is 0.331 e. The summed E-state index contributed by atoms with van der Waals surface area (Å²) >= 11 is 5.98. The molecule has 0 unspecified atom stereocenters. The highest BCUT2D eigenvalue weighted by molar-refractivity contribution is 6.32. The van der Waals surface area contributed by atoms with E-state index in [1.807, 2.05) is 18.2 Å². The van der Waals surface area contributed by atoms with Crippen molar-refractivity contribution in [3.05, 3.63) is 57.9 Å². The van der Waals surface area contributed by atoms with Crippen molar-refractivity contribution in [3.8, 4) is 0 Å². The zero-order valence-corrected chi connectivity index (χ0v) is 12.0. The quantitative estimate of drug-likeness (QED) is 0.636. The second-order valence-electron chi connectivity index (χ2n) is 4.27. The lowest BCUT2D eigenvalue weighted by atomic mass is 10.2. The summed E-state index contributed by atoms with van der Waals surface area (Å²) in [6.07, 6.45) is 2.97. The largest absolute Gasteiger partial charge is 0.457 e. The van der Waals surface area contributed by atoms with Crippen LogP contribution < -0.4 is 0 Å². The van der Waals surface area contributed by atoms with E-state index in [-0.39, 0.29) is 6.61 Å². The Kier molecular flexibility index (Phi) is 4.58. The number of aromatic nitrogens is 1. The van der Waals surface area contributed by atoms with Gasteiger partial charge in [0.1, 0.15) is 12.4 Å². The van der Waals surface area contributed by atoms with Crippen LogP contribution in [0.4, 0.5) is 0 Å². The third-order valence-electron chi connectivity index (χ3n) is 2.84. The molecule has 2 rings (SSSR count).